The molecule has 4 N–H and O–H groups in total. The Balaban J connectivity index is 3.11. The van der Waals surface area contributed by atoms with Crippen molar-refractivity contribution in [1.29, 1.82) is 0 Å². The van der Waals surface area contributed by atoms with Crippen molar-refractivity contribution in [3.05, 3.63) is 22.7 Å². The number of rotatable bonds is 5. The van der Waals surface area contributed by atoms with Crippen molar-refractivity contribution in [2.45, 2.75) is 31.7 Å². The van der Waals surface area contributed by atoms with Gasteiger partial charge in [-0.05, 0) is 37.5 Å². The van der Waals surface area contributed by atoms with Crippen LogP contribution in [0.2, 0.25) is 5.02 Å². The number of aliphatic hydroxyl groups is 1. The second-order valence-corrected chi connectivity index (χ2v) is 6.80. The summed E-state index contributed by atoms with van der Waals surface area (Å²) in [6.45, 7) is 5.02. The Morgan fingerprint density at radius 2 is 2.00 bits per heavy atom. The van der Waals surface area contributed by atoms with Crippen LogP contribution in [-0.2, 0) is 10.0 Å². The van der Waals surface area contributed by atoms with Gasteiger partial charge in [-0.25, -0.2) is 13.1 Å². The predicted octanol–water partition coefficient (Wildman–Crippen LogP) is 1.53. The average molecular weight is 307 g/mol. The molecule has 5 nitrogen and oxygen atoms in total. The van der Waals surface area contributed by atoms with Gasteiger partial charge in [0.1, 0.15) is 0 Å². The second kappa shape index (κ2) is 6.09. The van der Waals surface area contributed by atoms with Crippen LogP contribution in [0.5, 0.6) is 0 Å². The van der Waals surface area contributed by atoms with E-state index >= 15 is 0 Å². The number of benzene rings is 1. The van der Waals surface area contributed by atoms with E-state index in [1.807, 2.05) is 0 Å². The molecule has 0 aliphatic heterocycles. The van der Waals surface area contributed by atoms with Crippen LogP contribution in [0.15, 0.2) is 17.0 Å². The Morgan fingerprint density at radius 3 is 2.53 bits per heavy atom. The van der Waals surface area contributed by atoms with Gasteiger partial charge in [-0.1, -0.05) is 18.5 Å². The molecule has 0 saturated heterocycles. The zero-order chi connectivity index (χ0) is 14.8. The summed E-state index contributed by atoms with van der Waals surface area (Å²) in [6, 6.07) is 2.48. The van der Waals surface area contributed by atoms with Gasteiger partial charge in [0, 0.05) is 12.6 Å². The molecule has 0 spiro atoms. The molecule has 2 unspecified atom stereocenters. The van der Waals surface area contributed by atoms with E-state index < -0.39 is 10.0 Å². The number of hydrogen-bond donors (Lipinski definition) is 3. The minimum Gasteiger partial charge on any atom is -0.397 e. The molecule has 0 saturated carbocycles. The van der Waals surface area contributed by atoms with Crippen molar-refractivity contribution in [2.24, 2.45) is 5.92 Å². The molecular weight excluding hydrogens is 288 g/mol. The number of sulfonamides is 1. The van der Waals surface area contributed by atoms with Crippen LogP contribution in [-0.4, -0.2) is 26.2 Å². The normalized spacial score (nSPS) is 15.2. The smallest absolute Gasteiger partial charge is 0.241 e. The van der Waals surface area contributed by atoms with Crippen LogP contribution < -0.4 is 10.5 Å². The van der Waals surface area contributed by atoms with E-state index in [1.165, 1.54) is 12.1 Å². The molecule has 1 aromatic carbocycles. The molecule has 0 amide bonds. The Morgan fingerprint density at radius 1 is 1.42 bits per heavy atom. The number of aryl methyl sites for hydroxylation is 1. The molecule has 0 aliphatic carbocycles. The number of nitrogens with two attached hydrogens (primary N) is 1. The zero-order valence-corrected chi connectivity index (χ0v) is 12.7. The van der Waals surface area contributed by atoms with E-state index in [0.29, 0.717) is 10.6 Å². The van der Waals surface area contributed by atoms with Gasteiger partial charge in [-0.2, -0.15) is 0 Å². The van der Waals surface area contributed by atoms with Gasteiger partial charge in [-0.3, -0.25) is 0 Å². The summed E-state index contributed by atoms with van der Waals surface area (Å²) in [7, 11) is -3.68. The maximum absolute atomic E-state index is 12.3. The van der Waals surface area contributed by atoms with Gasteiger partial charge < -0.3 is 10.8 Å². The molecule has 1 rings (SSSR count). The lowest BCUT2D eigenvalue weighted by atomic mass is 10.1. The highest BCUT2D eigenvalue weighted by Crippen LogP contribution is 2.26. The summed E-state index contributed by atoms with van der Waals surface area (Å²) >= 11 is 5.84. The van der Waals surface area contributed by atoms with Crippen LogP contribution in [0, 0.1) is 12.8 Å². The van der Waals surface area contributed by atoms with E-state index in [-0.39, 0.29) is 29.1 Å². The fourth-order valence-corrected chi connectivity index (χ4v) is 3.37. The SMILES string of the molecule is Cc1cc(Cl)c(N)cc1S(=O)(=O)NC(C)C(C)CO. The summed E-state index contributed by atoms with van der Waals surface area (Å²) in [6.07, 6.45) is 0. The first-order valence-corrected chi connectivity index (χ1v) is 7.74. The summed E-state index contributed by atoms with van der Waals surface area (Å²) in [5.74, 6) is -0.181. The molecule has 0 aromatic heterocycles. The fourth-order valence-electron chi connectivity index (χ4n) is 1.54. The number of halogens is 1. The Kier molecular flexibility index (Phi) is 5.20. The quantitative estimate of drug-likeness (QED) is 0.719. The first-order valence-electron chi connectivity index (χ1n) is 5.88. The molecule has 108 valence electrons. The van der Waals surface area contributed by atoms with E-state index in [2.05, 4.69) is 4.72 Å². The van der Waals surface area contributed by atoms with E-state index in [9.17, 15) is 8.42 Å². The number of anilines is 1. The molecule has 0 fully saturated rings. The van der Waals surface area contributed by atoms with Crippen molar-refractivity contribution in [1.82, 2.24) is 4.72 Å². The minimum atomic E-state index is -3.68. The minimum absolute atomic E-state index is 0.0918. The molecule has 0 aliphatic rings. The number of hydrogen-bond acceptors (Lipinski definition) is 4. The summed E-state index contributed by atoms with van der Waals surface area (Å²) in [5, 5.41) is 9.36. The summed E-state index contributed by atoms with van der Waals surface area (Å²) < 4.78 is 27.0. The third-order valence-corrected chi connectivity index (χ3v) is 5.09. The van der Waals surface area contributed by atoms with Gasteiger partial charge in [-0.15, -0.1) is 0 Å². The highest BCUT2D eigenvalue weighted by atomic mass is 35.5. The lowest BCUT2D eigenvalue weighted by Gasteiger charge is -2.20. The van der Waals surface area contributed by atoms with Crippen LogP contribution >= 0.6 is 11.6 Å². The Bertz CT molecular complexity index is 560. The van der Waals surface area contributed by atoms with Gasteiger partial charge >= 0.3 is 0 Å². The molecule has 0 radical (unpaired) electrons. The summed E-state index contributed by atoms with van der Waals surface area (Å²) in [4.78, 5) is 0.103. The summed E-state index contributed by atoms with van der Waals surface area (Å²) in [5.41, 5.74) is 6.38. The molecule has 2 atom stereocenters. The molecule has 19 heavy (non-hydrogen) atoms. The van der Waals surface area contributed by atoms with E-state index in [4.69, 9.17) is 22.4 Å². The predicted molar refractivity (Wildman–Crippen MR) is 76.6 cm³/mol. The van der Waals surface area contributed by atoms with Crippen molar-refractivity contribution < 1.29 is 13.5 Å². The van der Waals surface area contributed by atoms with Gasteiger partial charge in [0.05, 0.1) is 15.6 Å². The van der Waals surface area contributed by atoms with Crippen LogP contribution in [0.25, 0.3) is 0 Å². The third kappa shape index (κ3) is 3.82. The lowest BCUT2D eigenvalue weighted by Crippen LogP contribution is -2.38. The number of nitrogen functional groups attached to an aromatic ring is 1. The molecule has 1 aromatic rings. The van der Waals surface area contributed by atoms with E-state index in [1.54, 1.807) is 20.8 Å². The Labute approximate surface area is 118 Å². The van der Waals surface area contributed by atoms with Gasteiger partial charge in [0.15, 0.2) is 0 Å². The first kappa shape index (κ1) is 16.2. The molecule has 7 heteroatoms. The van der Waals surface area contributed by atoms with Crippen LogP contribution in [0.3, 0.4) is 0 Å². The largest absolute Gasteiger partial charge is 0.397 e. The van der Waals surface area contributed by atoms with Crippen molar-refractivity contribution in [3.8, 4) is 0 Å². The maximum Gasteiger partial charge on any atom is 0.241 e. The molecule has 0 bridgehead atoms. The highest BCUT2D eigenvalue weighted by Gasteiger charge is 2.23. The zero-order valence-electron chi connectivity index (χ0n) is 11.1. The third-order valence-electron chi connectivity index (χ3n) is 3.07. The van der Waals surface area contributed by atoms with Crippen molar-refractivity contribution >= 4 is 27.3 Å². The monoisotopic (exact) mass is 306 g/mol. The van der Waals surface area contributed by atoms with E-state index in [0.717, 1.165) is 0 Å². The number of nitrogens with one attached hydrogen (secondary N) is 1. The van der Waals surface area contributed by atoms with Crippen LogP contribution in [0.1, 0.15) is 19.4 Å². The maximum atomic E-state index is 12.3. The number of aliphatic hydroxyl groups excluding tert-OH is 1. The van der Waals surface area contributed by atoms with Crippen molar-refractivity contribution in [2.75, 3.05) is 12.3 Å². The molecular formula is C12H19ClN2O3S. The van der Waals surface area contributed by atoms with Crippen molar-refractivity contribution in [3.63, 3.8) is 0 Å². The average Bonchev–Trinajstić information content (AvgIpc) is 2.31. The topological polar surface area (TPSA) is 92.4 Å². The first-order chi connectivity index (χ1) is 8.69. The fraction of sp³-hybridized carbons (Fsp3) is 0.500. The highest BCUT2D eigenvalue weighted by molar-refractivity contribution is 7.89. The standard InChI is InChI=1S/C12H19ClN2O3S/c1-7-4-10(13)11(14)5-12(7)19(17,18)15-9(3)8(2)6-16/h4-5,8-9,15-16H,6,14H2,1-3H3. The van der Waals surface area contributed by atoms with Gasteiger partial charge in [0.25, 0.3) is 0 Å². The lowest BCUT2D eigenvalue weighted by molar-refractivity contribution is 0.216. The molecule has 0 heterocycles. The Hall–Kier alpha value is -0.820. The van der Waals surface area contributed by atoms with Crippen LogP contribution in [0.4, 0.5) is 5.69 Å². The van der Waals surface area contributed by atoms with Gasteiger partial charge in [0.2, 0.25) is 10.0 Å². The second-order valence-electron chi connectivity index (χ2n) is 4.71.